The number of ether oxygens (including phenoxy) is 1. The molecule has 1 atom stereocenters. The summed E-state index contributed by atoms with van der Waals surface area (Å²) in [6.07, 6.45) is -0.230. The molecule has 0 saturated carbocycles. The fourth-order valence-corrected chi connectivity index (χ4v) is 2.33. The molecule has 25 heavy (non-hydrogen) atoms. The Morgan fingerprint density at radius 3 is 2.64 bits per heavy atom. The quantitative estimate of drug-likeness (QED) is 0.538. The first kappa shape index (κ1) is 19.1. The van der Waals surface area contributed by atoms with Crippen molar-refractivity contribution < 1.29 is 19.7 Å². The summed E-state index contributed by atoms with van der Waals surface area (Å²) >= 11 is 5.96. The number of hydrogen-bond donors (Lipinski definition) is 4. The van der Waals surface area contributed by atoms with Gasteiger partial charge in [0.2, 0.25) is 0 Å². The van der Waals surface area contributed by atoms with E-state index in [9.17, 15) is 15.0 Å². The molecular formula is C18H21ClN2O4. The van der Waals surface area contributed by atoms with Gasteiger partial charge in [0.1, 0.15) is 11.5 Å². The maximum Gasteiger partial charge on any atom is 0.255 e. The maximum absolute atomic E-state index is 12.4. The lowest BCUT2D eigenvalue weighted by molar-refractivity contribution is 0.0912. The smallest absolute Gasteiger partial charge is 0.255 e. The number of hydrogen-bond acceptors (Lipinski definition) is 5. The lowest BCUT2D eigenvalue weighted by atomic mass is 10.1. The summed E-state index contributed by atoms with van der Waals surface area (Å²) in [6.45, 7) is 0.892. The minimum atomic E-state index is -0.890. The largest absolute Gasteiger partial charge is 0.508 e. The van der Waals surface area contributed by atoms with Gasteiger partial charge in [-0.2, -0.15) is 0 Å². The second-order valence-electron chi connectivity index (χ2n) is 5.45. The van der Waals surface area contributed by atoms with Crippen molar-refractivity contribution in [1.82, 2.24) is 5.32 Å². The van der Waals surface area contributed by atoms with Crippen LogP contribution in [0.25, 0.3) is 0 Å². The van der Waals surface area contributed by atoms with Crippen LogP contribution >= 0.6 is 11.6 Å². The van der Waals surface area contributed by atoms with E-state index >= 15 is 0 Å². The molecule has 5 N–H and O–H groups in total. The molecular weight excluding hydrogens is 344 g/mol. The molecule has 2 aromatic rings. The van der Waals surface area contributed by atoms with E-state index in [2.05, 4.69) is 5.32 Å². The molecule has 1 unspecified atom stereocenters. The zero-order valence-corrected chi connectivity index (χ0v) is 14.4. The Hall–Kier alpha value is -2.28. The molecule has 7 heteroatoms. The number of amides is 1. The van der Waals surface area contributed by atoms with Crippen molar-refractivity contribution in [1.29, 1.82) is 0 Å². The molecule has 0 radical (unpaired) electrons. The number of halogens is 1. The van der Waals surface area contributed by atoms with Crippen LogP contribution in [0.3, 0.4) is 0 Å². The van der Waals surface area contributed by atoms with E-state index in [1.165, 1.54) is 12.1 Å². The molecule has 0 saturated heterocycles. The summed E-state index contributed by atoms with van der Waals surface area (Å²) in [7, 11) is 0. The van der Waals surface area contributed by atoms with Crippen LogP contribution in [0.4, 0.5) is 0 Å². The number of benzene rings is 2. The predicted molar refractivity (Wildman–Crippen MR) is 96.0 cm³/mol. The van der Waals surface area contributed by atoms with Gasteiger partial charge in [-0.1, -0.05) is 23.7 Å². The van der Waals surface area contributed by atoms with E-state index in [0.717, 1.165) is 0 Å². The summed E-state index contributed by atoms with van der Waals surface area (Å²) < 4.78 is 5.57. The topological polar surface area (TPSA) is 105 Å². The van der Waals surface area contributed by atoms with Gasteiger partial charge in [-0.05, 0) is 48.9 Å². The Kier molecular flexibility index (Phi) is 7.06. The molecule has 6 nitrogen and oxygen atoms in total. The number of rotatable bonds is 8. The van der Waals surface area contributed by atoms with Crippen LogP contribution in [0.15, 0.2) is 42.5 Å². The first-order chi connectivity index (χ1) is 12.0. The first-order valence-electron chi connectivity index (χ1n) is 7.89. The summed E-state index contributed by atoms with van der Waals surface area (Å²) in [5, 5.41) is 22.5. The lowest BCUT2D eigenvalue weighted by Crippen LogP contribution is -2.28. The van der Waals surface area contributed by atoms with Gasteiger partial charge in [-0.3, -0.25) is 4.79 Å². The standard InChI is InChI=1S/C18H21ClN2O4/c19-13-4-7-15(17(10-13)25-9-1-8-20)18(24)21-11-16(23)12-2-5-14(22)6-3-12/h2-7,10,16,22-23H,1,8-9,11,20H2,(H,21,24). The van der Waals surface area contributed by atoms with Crippen molar-refractivity contribution in [2.75, 3.05) is 19.7 Å². The number of phenolic OH excluding ortho intramolecular Hbond substituents is 1. The minimum absolute atomic E-state index is 0.0223. The molecule has 0 heterocycles. The number of aliphatic hydroxyl groups excluding tert-OH is 1. The van der Waals surface area contributed by atoms with Gasteiger partial charge in [0.05, 0.1) is 18.3 Å². The van der Waals surface area contributed by atoms with Gasteiger partial charge in [0.25, 0.3) is 5.91 Å². The first-order valence-corrected chi connectivity index (χ1v) is 8.26. The average molecular weight is 365 g/mol. The average Bonchev–Trinajstić information content (AvgIpc) is 2.60. The van der Waals surface area contributed by atoms with Crippen LogP contribution < -0.4 is 15.8 Å². The predicted octanol–water partition coefficient (Wildman–Crippen LogP) is 2.24. The number of carbonyl (C=O) groups is 1. The number of carbonyl (C=O) groups excluding carboxylic acids is 1. The van der Waals surface area contributed by atoms with Crippen LogP contribution in [-0.2, 0) is 0 Å². The Bertz CT molecular complexity index is 707. The fraction of sp³-hybridized carbons (Fsp3) is 0.278. The van der Waals surface area contributed by atoms with Crippen LogP contribution in [0.5, 0.6) is 11.5 Å². The van der Waals surface area contributed by atoms with Crippen LogP contribution in [0, 0.1) is 0 Å². The molecule has 0 aromatic heterocycles. The highest BCUT2D eigenvalue weighted by atomic mass is 35.5. The fourth-order valence-electron chi connectivity index (χ4n) is 2.17. The molecule has 0 aliphatic heterocycles. The van der Waals surface area contributed by atoms with Crippen molar-refractivity contribution in [2.24, 2.45) is 5.73 Å². The molecule has 2 rings (SSSR count). The SMILES string of the molecule is NCCCOc1cc(Cl)ccc1C(=O)NCC(O)c1ccc(O)cc1. The lowest BCUT2D eigenvalue weighted by Gasteiger charge is -2.15. The van der Waals surface area contributed by atoms with Crippen molar-refractivity contribution in [3.63, 3.8) is 0 Å². The van der Waals surface area contributed by atoms with Crippen molar-refractivity contribution in [2.45, 2.75) is 12.5 Å². The highest BCUT2D eigenvalue weighted by Gasteiger charge is 2.15. The van der Waals surface area contributed by atoms with Crippen LogP contribution in [0.1, 0.15) is 28.4 Å². The summed E-state index contributed by atoms with van der Waals surface area (Å²) in [4.78, 5) is 12.4. The van der Waals surface area contributed by atoms with Gasteiger partial charge in [0.15, 0.2) is 0 Å². The van der Waals surface area contributed by atoms with Crippen LogP contribution in [-0.4, -0.2) is 35.8 Å². The van der Waals surface area contributed by atoms with E-state index in [1.807, 2.05) is 0 Å². The Balaban J connectivity index is 2.01. The van der Waals surface area contributed by atoms with E-state index < -0.39 is 6.10 Å². The van der Waals surface area contributed by atoms with E-state index in [0.29, 0.717) is 41.5 Å². The Labute approximate surface area is 151 Å². The third-order valence-electron chi connectivity index (χ3n) is 3.53. The molecule has 0 aliphatic rings. The van der Waals surface area contributed by atoms with Crippen molar-refractivity contribution >= 4 is 17.5 Å². The molecule has 2 aromatic carbocycles. The normalized spacial score (nSPS) is 11.8. The molecule has 0 fully saturated rings. The van der Waals surface area contributed by atoms with Crippen LogP contribution in [0.2, 0.25) is 5.02 Å². The zero-order chi connectivity index (χ0) is 18.2. The second-order valence-corrected chi connectivity index (χ2v) is 5.88. The molecule has 1 amide bonds. The summed E-state index contributed by atoms with van der Waals surface area (Å²) in [5.41, 5.74) is 6.36. The summed E-state index contributed by atoms with van der Waals surface area (Å²) in [5.74, 6) is 0.107. The Morgan fingerprint density at radius 1 is 1.24 bits per heavy atom. The molecule has 0 bridgehead atoms. The van der Waals surface area contributed by atoms with Crippen molar-refractivity contribution in [3.05, 3.63) is 58.6 Å². The van der Waals surface area contributed by atoms with Crippen molar-refractivity contribution in [3.8, 4) is 11.5 Å². The highest BCUT2D eigenvalue weighted by Crippen LogP contribution is 2.24. The molecule has 0 aliphatic carbocycles. The Morgan fingerprint density at radius 2 is 1.96 bits per heavy atom. The molecule has 134 valence electrons. The third kappa shape index (κ3) is 5.63. The third-order valence-corrected chi connectivity index (χ3v) is 3.76. The van der Waals surface area contributed by atoms with E-state index in [-0.39, 0.29) is 18.2 Å². The second kappa shape index (κ2) is 9.27. The van der Waals surface area contributed by atoms with E-state index in [4.69, 9.17) is 22.1 Å². The van der Waals surface area contributed by atoms with E-state index in [1.54, 1.807) is 30.3 Å². The summed E-state index contributed by atoms with van der Waals surface area (Å²) in [6, 6.07) is 10.9. The number of nitrogens with two attached hydrogens (primary N) is 1. The monoisotopic (exact) mass is 364 g/mol. The maximum atomic E-state index is 12.4. The molecule has 0 spiro atoms. The number of phenols is 1. The minimum Gasteiger partial charge on any atom is -0.508 e. The number of nitrogens with one attached hydrogen (secondary N) is 1. The highest BCUT2D eigenvalue weighted by molar-refractivity contribution is 6.30. The number of aliphatic hydroxyl groups is 1. The van der Waals surface area contributed by atoms with Gasteiger partial charge in [-0.15, -0.1) is 0 Å². The van der Waals surface area contributed by atoms with Gasteiger partial charge in [0, 0.05) is 11.6 Å². The number of aromatic hydroxyl groups is 1. The van der Waals surface area contributed by atoms with Gasteiger partial charge < -0.3 is 26.0 Å². The zero-order valence-electron chi connectivity index (χ0n) is 13.6. The van der Waals surface area contributed by atoms with Gasteiger partial charge >= 0.3 is 0 Å². The van der Waals surface area contributed by atoms with Gasteiger partial charge in [-0.25, -0.2) is 0 Å².